The van der Waals surface area contributed by atoms with Crippen molar-refractivity contribution in [2.75, 3.05) is 11.9 Å². The Kier molecular flexibility index (Phi) is 5.46. The van der Waals surface area contributed by atoms with Crippen LogP contribution in [-0.2, 0) is 13.1 Å². The molecule has 0 saturated heterocycles. The average Bonchev–Trinajstić information content (AvgIpc) is 2.89. The normalized spacial score (nSPS) is 11.1. The average molecular weight is 309 g/mol. The standard InChI is InChI=1S/C16H21ClN2S/c1-12(2)18-9-13-4-5-16(15(17)8-13)19(3)10-14-6-7-20-11-14/h4-8,11-12,18H,9-10H2,1-3H3. The van der Waals surface area contributed by atoms with Gasteiger partial charge in [-0.05, 0) is 40.1 Å². The van der Waals surface area contributed by atoms with Crippen LogP contribution in [0.3, 0.4) is 0 Å². The van der Waals surface area contributed by atoms with Crippen LogP contribution in [0.1, 0.15) is 25.0 Å². The van der Waals surface area contributed by atoms with Crippen LogP contribution in [0.15, 0.2) is 35.0 Å². The predicted octanol–water partition coefficient (Wildman–Crippen LogP) is 4.54. The molecule has 1 aromatic carbocycles. The van der Waals surface area contributed by atoms with E-state index >= 15 is 0 Å². The van der Waals surface area contributed by atoms with Crippen molar-refractivity contribution in [2.45, 2.75) is 33.0 Å². The number of thiophene rings is 1. The lowest BCUT2D eigenvalue weighted by Gasteiger charge is -2.21. The Morgan fingerprint density at radius 1 is 1.25 bits per heavy atom. The van der Waals surface area contributed by atoms with E-state index in [2.05, 4.69) is 66.1 Å². The highest BCUT2D eigenvalue weighted by molar-refractivity contribution is 7.07. The Balaban J connectivity index is 2.05. The van der Waals surface area contributed by atoms with Crippen molar-refractivity contribution in [1.29, 1.82) is 0 Å². The summed E-state index contributed by atoms with van der Waals surface area (Å²) >= 11 is 8.14. The van der Waals surface area contributed by atoms with Gasteiger partial charge in [0.1, 0.15) is 0 Å². The summed E-state index contributed by atoms with van der Waals surface area (Å²) in [5.74, 6) is 0. The van der Waals surface area contributed by atoms with Crippen LogP contribution in [0.5, 0.6) is 0 Å². The maximum atomic E-state index is 6.41. The molecule has 2 rings (SSSR count). The highest BCUT2D eigenvalue weighted by atomic mass is 35.5. The number of nitrogens with zero attached hydrogens (tertiary/aromatic N) is 1. The van der Waals surface area contributed by atoms with Crippen molar-refractivity contribution >= 4 is 28.6 Å². The summed E-state index contributed by atoms with van der Waals surface area (Å²) < 4.78 is 0. The predicted molar refractivity (Wildman–Crippen MR) is 89.9 cm³/mol. The molecule has 4 heteroatoms. The third-order valence-corrected chi connectivity index (χ3v) is 4.17. The minimum atomic E-state index is 0.481. The first-order valence-corrected chi connectivity index (χ1v) is 8.12. The number of rotatable bonds is 6. The van der Waals surface area contributed by atoms with Gasteiger partial charge in [0.25, 0.3) is 0 Å². The molecular formula is C16H21ClN2S. The maximum absolute atomic E-state index is 6.41. The van der Waals surface area contributed by atoms with Crippen LogP contribution < -0.4 is 10.2 Å². The first-order chi connectivity index (χ1) is 9.56. The SMILES string of the molecule is CC(C)NCc1ccc(N(C)Cc2ccsc2)c(Cl)c1. The molecule has 1 heterocycles. The van der Waals surface area contributed by atoms with E-state index in [0.717, 1.165) is 23.8 Å². The fourth-order valence-corrected chi connectivity index (χ4v) is 3.04. The molecule has 20 heavy (non-hydrogen) atoms. The molecule has 2 aromatic rings. The summed E-state index contributed by atoms with van der Waals surface area (Å²) in [5.41, 5.74) is 3.61. The fourth-order valence-electron chi connectivity index (χ4n) is 2.03. The maximum Gasteiger partial charge on any atom is 0.0642 e. The molecule has 0 unspecified atom stereocenters. The van der Waals surface area contributed by atoms with Crippen LogP contribution in [0.25, 0.3) is 0 Å². The van der Waals surface area contributed by atoms with Gasteiger partial charge in [-0.2, -0.15) is 11.3 Å². The van der Waals surface area contributed by atoms with Crippen molar-refractivity contribution in [3.63, 3.8) is 0 Å². The summed E-state index contributed by atoms with van der Waals surface area (Å²) in [4.78, 5) is 2.18. The lowest BCUT2D eigenvalue weighted by atomic mass is 10.1. The second kappa shape index (κ2) is 7.11. The van der Waals surface area contributed by atoms with E-state index in [-0.39, 0.29) is 0 Å². The van der Waals surface area contributed by atoms with Gasteiger partial charge in [-0.25, -0.2) is 0 Å². The van der Waals surface area contributed by atoms with Crippen LogP contribution in [0.4, 0.5) is 5.69 Å². The number of nitrogens with one attached hydrogen (secondary N) is 1. The quantitative estimate of drug-likeness (QED) is 0.843. The van der Waals surface area contributed by atoms with E-state index < -0.39 is 0 Å². The van der Waals surface area contributed by atoms with E-state index in [4.69, 9.17) is 11.6 Å². The van der Waals surface area contributed by atoms with Crippen LogP contribution in [-0.4, -0.2) is 13.1 Å². The van der Waals surface area contributed by atoms with E-state index in [0.29, 0.717) is 6.04 Å². The largest absolute Gasteiger partial charge is 0.369 e. The van der Waals surface area contributed by atoms with Gasteiger partial charge in [0.2, 0.25) is 0 Å². The summed E-state index contributed by atoms with van der Waals surface area (Å²) in [6.45, 7) is 6.02. The molecule has 1 N–H and O–H groups in total. The number of hydrogen-bond acceptors (Lipinski definition) is 3. The molecule has 0 amide bonds. The highest BCUT2D eigenvalue weighted by Gasteiger charge is 2.08. The highest BCUT2D eigenvalue weighted by Crippen LogP contribution is 2.27. The zero-order valence-electron chi connectivity index (χ0n) is 12.2. The molecule has 2 nitrogen and oxygen atoms in total. The van der Waals surface area contributed by atoms with Crippen LogP contribution >= 0.6 is 22.9 Å². The number of anilines is 1. The molecule has 0 bridgehead atoms. The topological polar surface area (TPSA) is 15.3 Å². The van der Waals surface area contributed by atoms with Crippen molar-refractivity contribution in [3.8, 4) is 0 Å². The van der Waals surface area contributed by atoms with Gasteiger partial charge in [0.05, 0.1) is 10.7 Å². The second-order valence-corrected chi connectivity index (χ2v) is 6.50. The molecule has 0 radical (unpaired) electrons. The Morgan fingerprint density at radius 3 is 2.65 bits per heavy atom. The molecular weight excluding hydrogens is 288 g/mol. The summed E-state index contributed by atoms with van der Waals surface area (Å²) in [7, 11) is 2.07. The van der Waals surface area contributed by atoms with Gasteiger partial charge < -0.3 is 10.2 Å². The Hall–Kier alpha value is -1.03. The van der Waals surface area contributed by atoms with Crippen molar-refractivity contribution < 1.29 is 0 Å². The van der Waals surface area contributed by atoms with Crippen LogP contribution in [0.2, 0.25) is 5.02 Å². The van der Waals surface area contributed by atoms with E-state index in [1.54, 1.807) is 11.3 Å². The monoisotopic (exact) mass is 308 g/mol. The van der Waals surface area contributed by atoms with E-state index in [1.807, 2.05) is 0 Å². The molecule has 0 aliphatic carbocycles. The lowest BCUT2D eigenvalue weighted by Crippen LogP contribution is -2.22. The zero-order chi connectivity index (χ0) is 14.5. The van der Waals surface area contributed by atoms with Crippen LogP contribution in [0, 0.1) is 0 Å². The second-order valence-electron chi connectivity index (χ2n) is 5.31. The van der Waals surface area contributed by atoms with Gasteiger partial charge in [0.15, 0.2) is 0 Å². The van der Waals surface area contributed by atoms with Gasteiger partial charge >= 0.3 is 0 Å². The van der Waals surface area contributed by atoms with Gasteiger partial charge in [-0.1, -0.05) is 31.5 Å². The van der Waals surface area contributed by atoms with Crippen molar-refractivity contribution in [3.05, 3.63) is 51.2 Å². The van der Waals surface area contributed by atoms with Gasteiger partial charge in [-0.3, -0.25) is 0 Å². The molecule has 1 aromatic heterocycles. The Bertz CT molecular complexity index is 537. The van der Waals surface area contributed by atoms with Gasteiger partial charge in [-0.15, -0.1) is 0 Å². The molecule has 0 saturated carbocycles. The first kappa shape index (κ1) is 15.4. The van der Waals surface area contributed by atoms with Crippen molar-refractivity contribution in [1.82, 2.24) is 5.32 Å². The fraction of sp³-hybridized carbons (Fsp3) is 0.375. The minimum Gasteiger partial charge on any atom is -0.369 e. The Morgan fingerprint density at radius 2 is 2.05 bits per heavy atom. The molecule has 0 aliphatic heterocycles. The Labute approximate surface area is 130 Å². The number of hydrogen-bond donors (Lipinski definition) is 1. The minimum absolute atomic E-state index is 0.481. The number of halogens is 1. The molecule has 0 fully saturated rings. The van der Waals surface area contributed by atoms with E-state index in [1.165, 1.54) is 11.1 Å². The third kappa shape index (κ3) is 4.23. The zero-order valence-corrected chi connectivity index (χ0v) is 13.8. The van der Waals surface area contributed by atoms with E-state index in [9.17, 15) is 0 Å². The molecule has 0 spiro atoms. The van der Waals surface area contributed by atoms with Gasteiger partial charge in [0, 0.05) is 26.2 Å². The van der Waals surface area contributed by atoms with Crippen molar-refractivity contribution in [2.24, 2.45) is 0 Å². The first-order valence-electron chi connectivity index (χ1n) is 6.80. The molecule has 0 aliphatic rings. The molecule has 108 valence electrons. The summed E-state index contributed by atoms with van der Waals surface area (Å²) in [6, 6.07) is 8.92. The summed E-state index contributed by atoms with van der Waals surface area (Å²) in [5, 5.41) is 8.49. The third-order valence-electron chi connectivity index (χ3n) is 3.14. The smallest absolute Gasteiger partial charge is 0.0642 e. The lowest BCUT2D eigenvalue weighted by molar-refractivity contribution is 0.589. The number of benzene rings is 1. The molecule has 0 atom stereocenters. The summed E-state index contributed by atoms with van der Waals surface area (Å²) in [6.07, 6.45) is 0.